The van der Waals surface area contributed by atoms with Crippen LogP contribution in [0.1, 0.15) is 21.7 Å². The molecule has 0 spiro atoms. The number of pyridine rings is 1. The van der Waals surface area contributed by atoms with Crippen LogP contribution in [0.2, 0.25) is 0 Å². The summed E-state index contributed by atoms with van der Waals surface area (Å²) in [5, 5.41) is 20.2. The highest BCUT2D eigenvalue weighted by Crippen LogP contribution is 2.14. The Labute approximate surface area is 165 Å². The number of nitrogens with one attached hydrogen (secondary N) is 2. The number of nitro benzene ring substituents is 1. The van der Waals surface area contributed by atoms with Crippen LogP contribution in [0.25, 0.3) is 5.82 Å². The van der Waals surface area contributed by atoms with Gasteiger partial charge >= 0.3 is 0 Å². The Bertz CT molecular complexity index is 1070. The number of hydrogen-bond donors (Lipinski definition) is 2. The zero-order valence-corrected chi connectivity index (χ0v) is 15.7. The molecule has 0 radical (unpaired) electrons. The number of benzene rings is 1. The van der Waals surface area contributed by atoms with E-state index in [1.165, 1.54) is 24.4 Å². The van der Waals surface area contributed by atoms with E-state index < -0.39 is 16.7 Å². The number of aromatic nitrogens is 3. The minimum absolute atomic E-state index is 0.0999. The SMILES string of the molecule is Cc1cc(C)n(-c2ccc(NC(=O)CNC(=O)c3cccc([N+](=O)[O-])c3)cn2)n1. The van der Waals surface area contributed by atoms with Gasteiger partial charge < -0.3 is 10.6 Å². The van der Waals surface area contributed by atoms with Gasteiger partial charge in [0.25, 0.3) is 11.6 Å². The van der Waals surface area contributed by atoms with Gasteiger partial charge in [-0.1, -0.05) is 6.07 Å². The van der Waals surface area contributed by atoms with Crippen LogP contribution in [-0.2, 0) is 4.79 Å². The van der Waals surface area contributed by atoms with E-state index in [9.17, 15) is 19.7 Å². The molecule has 0 aliphatic rings. The van der Waals surface area contributed by atoms with Crippen LogP contribution in [0.4, 0.5) is 11.4 Å². The summed E-state index contributed by atoms with van der Waals surface area (Å²) in [6.07, 6.45) is 1.49. The molecule has 0 fully saturated rings. The Morgan fingerprint density at radius 3 is 2.59 bits per heavy atom. The van der Waals surface area contributed by atoms with Crippen molar-refractivity contribution in [3.8, 4) is 5.82 Å². The molecule has 2 amide bonds. The quantitative estimate of drug-likeness (QED) is 0.486. The third-order valence-electron chi connectivity index (χ3n) is 3.99. The van der Waals surface area contributed by atoms with Crippen molar-refractivity contribution >= 4 is 23.2 Å². The van der Waals surface area contributed by atoms with E-state index in [0.717, 1.165) is 17.5 Å². The number of anilines is 1. The number of amides is 2. The maximum absolute atomic E-state index is 12.1. The molecule has 2 heterocycles. The topological polar surface area (TPSA) is 132 Å². The Balaban J connectivity index is 1.57. The first kappa shape index (κ1) is 19.7. The van der Waals surface area contributed by atoms with Gasteiger partial charge in [-0.05, 0) is 38.1 Å². The van der Waals surface area contributed by atoms with Gasteiger partial charge in [-0.2, -0.15) is 5.10 Å². The first-order valence-electron chi connectivity index (χ1n) is 8.65. The highest BCUT2D eigenvalue weighted by molar-refractivity contribution is 5.99. The van der Waals surface area contributed by atoms with Gasteiger partial charge in [-0.15, -0.1) is 0 Å². The van der Waals surface area contributed by atoms with E-state index in [4.69, 9.17) is 0 Å². The van der Waals surface area contributed by atoms with Crippen molar-refractivity contribution in [1.29, 1.82) is 0 Å². The molecule has 10 heteroatoms. The molecule has 3 aromatic rings. The van der Waals surface area contributed by atoms with Crippen LogP contribution in [0.15, 0.2) is 48.7 Å². The van der Waals surface area contributed by atoms with Gasteiger partial charge in [0.1, 0.15) is 0 Å². The molecule has 2 N–H and O–H groups in total. The minimum atomic E-state index is -0.591. The second-order valence-corrected chi connectivity index (χ2v) is 6.28. The van der Waals surface area contributed by atoms with Crippen molar-refractivity contribution in [2.45, 2.75) is 13.8 Å². The Hall–Kier alpha value is -4.08. The number of hydrogen-bond acceptors (Lipinski definition) is 6. The molecule has 0 atom stereocenters. The molecule has 0 aliphatic carbocycles. The number of nitrogens with zero attached hydrogens (tertiary/aromatic N) is 4. The van der Waals surface area contributed by atoms with Crippen LogP contribution >= 0.6 is 0 Å². The maximum Gasteiger partial charge on any atom is 0.270 e. The van der Waals surface area contributed by atoms with Crippen LogP contribution in [0.3, 0.4) is 0 Å². The van der Waals surface area contributed by atoms with Gasteiger partial charge in [-0.25, -0.2) is 9.67 Å². The number of rotatable bonds is 6. The average Bonchev–Trinajstić information content (AvgIpc) is 3.04. The molecule has 1 aromatic carbocycles. The molecule has 10 nitrogen and oxygen atoms in total. The number of carbonyl (C=O) groups is 2. The summed E-state index contributed by atoms with van der Waals surface area (Å²) in [6, 6.07) is 10.6. The van der Waals surface area contributed by atoms with Crippen molar-refractivity contribution in [1.82, 2.24) is 20.1 Å². The third kappa shape index (κ3) is 4.80. The van der Waals surface area contributed by atoms with Gasteiger partial charge in [0.15, 0.2) is 5.82 Å². The summed E-state index contributed by atoms with van der Waals surface area (Å²) < 4.78 is 1.69. The molecule has 0 saturated carbocycles. The molecule has 2 aromatic heterocycles. The van der Waals surface area contributed by atoms with Crippen molar-refractivity contribution in [3.63, 3.8) is 0 Å². The lowest BCUT2D eigenvalue weighted by atomic mass is 10.2. The number of aryl methyl sites for hydroxylation is 2. The second-order valence-electron chi connectivity index (χ2n) is 6.28. The van der Waals surface area contributed by atoms with Crippen LogP contribution in [0, 0.1) is 24.0 Å². The zero-order chi connectivity index (χ0) is 21.0. The first-order chi connectivity index (χ1) is 13.8. The summed E-state index contributed by atoms with van der Waals surface area (Å²) in [6.45, 7) is 3.52. The fourth-order valence-electron chi connectivity index (χ4n) is 2.67. The highest BCUT2D eigenvalue weighted by atomic mass is 16.6. The van der Waals surface area contributed by atoms with E-state index in [-0.39, 0.29) is 17.8 Å². The highest BCUT2D eigenvalue weighted by Gasteiger charge is 2.13. The lowest BCUT2D eigenvalue weighted by Crippen LogP contribution is -2.32. The minimum Gasteiger partial charge on any atom is -0.343 e. The summed E-state index contributed by atoms with van der Waals surface area (Å²) in [5.74, 6) is -0.418. The summed E-state index contributed by atoms with van der Waals surface area (Å²) in [7, 11) is 0. The Kier molecular flexibility index (Phi) is 5.63. The fraction of sp³-hybridized carbons (Fsp3) is 0.158. The van der Waals surface area contributed by atoms with Gasteiger partial charge in [0.2, 0.25) is 5.91 Å². The standard InChI is InChI=1S/C19H18N6O4/c1-12-8-13(2)24(23-12)17-7-6-15(10-20-17)22-18(26)11-21-19(27)14-4-3-5-16(9-14)25(28)29/h3-10H,11H2,1-2H3,(H,21,27)(H,22,26). The molecule has 0 bridgehead atoms. The van der Waals surface area contributed by atoms with E-state index in [2.05, 4.69) is 20.7 Å². The predicted molar refractivity (Wildman–Crippen MR) is 105 cm³/mol. The Morgan fingerprint density at radius 2 is 1.97 bits per heavy atom. The summed E-state index contributed by atoms with van der Waals surface area (Å²) >= 11 is 0. The summed E-state index contributed by atoms with van der Waals surface area (Å²) in [5.41, 5.74) is 2.18. The van der Waals surface area contributed by atoms with Gasteiger partial charge in [0.05, 0.1) is 29.0 Å². The molecule has 3 rings (SSSR count). The van der Waals surface area contributed by atoms with Crippen molar-refractivity contribution in [2.75, 3.05) is 11.9 Å². The maximum atomic E-state index is 12.1. The molecular formula is C19H18N6O4. The fourth-order valence-corrected chi connectivity index (χ4v) is 2.67. The number of non-ortho nitro benzene ring substituents is 1. The largest absolute Gasteiger partial charge is 0.343 e. The van der Waals surface area contributed by atoms with Gasteiger partial charge in [0, 0.05) is 23.4 Å². The van der Waals surface area contributed by atoms with E-state index in [1.54, 1.807) is 16.8 Å². The first-order valence-corrected chi connectivity index (χ1v) is 8.65. The zero-order valence-electron chi connectivity index (χ0n) is 15.7. The van der Waals surface area contributed by atoms with E-state index >= 15 is 0 Å². The van der Waals surface area contributed by atoms with Crippen LogP contribution in [0.5, 0.6) is 0 Å². The summed E-state index contributed by atoms with van der Waals surface area (Å²) in [4.78, 5) is 38.6. The molecular weight excluding hydrogens is 376 g/mol. The Morgan fingerprint density at radius 1 is 1.17 bits per heavy atom. The smallest absolute Gasteiger partial charge is 0.270 e. The molecule has 148 valence electrons. The second kappa shape index (κ2) is 8.30. The predicted octanol–water partition coefficient (Wildman–Crippen LogP) is 2.16. The number of carbonyl (C=O) groups excluding carboxylic acids is 2. The van der Waals surface area contributed by atoms with E-state index in [0.29, 0.717) is 11.5 Å². The van der Waals surface area contributed by atoms with Crippen molar-refractivity contribution in [3.05, 3.63) is 75.7 Å². The third-order valence-corrected chi connectivity index (χ3v) is 3.99. The van der Waals surface area contributed by atoms with Crippen LogP contribution < -0.4 is 10.6 Å². The molecule has 0 saturated heterocycles. The molecule has 0 unspecified atom stereocenters. The van der Waals surface area contributed by atoms with Gasteiger partial charge in [-0.3, -0.25) is 19.7 Å². The number of nitro groups is 1. The van der Waals surface area contributed by atoms with E-state index in [1.807, 2.05) is 19.9 Å². The average molecular weight is 394 g/mol. The molecule has 29 heavy (non-hydrogen) atoms. The molecule has 0 aliphatic heterocycles. The van der Waals surface area contributed by atoms with Crippen LogP contribution in [-0.4, -0.2) is 38.0 Å². The normalized spacial score (nSPS) is 10.4. The van der Waals surface area contributed by atoms with Crippen molar-refractivity contribution in [2.24, 2.45) is 0 Å². The lowest BCUT2D eigenvalue weighted by Gasteiger charge is -2.08. The van der Waals surface area contributed by atoms with Crippen molar-refractivity contribution < 1.29 is 14.5 Å². The lowest BCUT2D eigenvalue weighted by molar-refractivity contribution is -0.384. The monoisotopic (exact) mass is 394 g/mol.